The van der Waals surface area contributed by atoms with Gasteiger partial charge in [-0.3, -0.25) is 9.59 Å². The first-order valence-electron chi connectivity index (χ1n) is 8.08. The standard InChI is InChI=1S/C16H23N3O2S/c1-11-14(22-12(2)17-11)16(21)19-9-13(10-19)15(20)18-7-5-3-4-6-8-18/h13H,3-10H2,1-2H3. The molecule has 2 aliphatic rings. The van der Waals surface area contributed by atoms with Crippen LogP contribution in [0.2, 0.25) is 0 Å². The molecule has 0 radical (unpaired) electrons. The van der Waals surface area contributed by atoms with Crippen LogP contribution in [0.15, 0.2) is 0 Å². The van der Waals surface area contributed by atoms with Gasteiger partial charge in [0, 0.05) is 26.2 Å². The normalized spacial score (nSPS) is 19.7. The Kier molecular flexibility index (Phi) is 4.47. The molecule has 1 aromatic heterocycles. The maximum Gasteiger partial charge on any atom is 0.265 e. The van der Waals surface area contributed by atoms with Crippen molar-refractivity contribution in [2.75, 3.05) is 26.2 Å². The van der Waals surface area contributed by atoms with E-state index in [1.165, 1.54) is 24.2 Å². The van der Waals surface area contributed by atoms with Crippen LogP contribution in [0.1, 0.15) is 46.1 Å². The molecule has 6 heteroatoms. The largest absolute Gasteiger partial charge is 0.342 e. The molecule has 3 rings (SSSR count). The molecule has 0 bridgehead atoms. The van der Waals surface area contributed by atoms with E-state index in [4.69, 9.17) is 0 Å². The molecule has 0 aliphatic carbocycles. The lowest BCUT2D eigenvalue weighted by atomic mass is 9.97. The average Bonchev–Trinajstić information content (AvgIpc) is 2.66. The van der Waals surface area contributed by atoms with Crippen molar-refractivity contribution in [2.45, 2.75) is 39.5 Å². The Balaban J connectivity index is 1.56. The van der Waals surface area contributed by atoms with Crippen molar-refractivity contribution in [3.05, 3.63) is 15.6 Å². The number of aryl methyl sites for hydroxylation is 2. The van der Waals surface area contributed by atoms with Crippen molar-refractivity contribution in [3.63, 3.8) is 0 Å². The molecule has 2 amide bonds. The van der Waals surface area contributed by atoms with Gasteiger partial charge in [-0.2, -0.15) is 0 Å². The molecule has 0 aromatic carbocycles. The summed E-state index contributed by atoms with van der Waals surface area (Å²) < 4.78 is 0. The van der Waals surface area contributed by atoms with Crippen LogP contribution in [0.3, 0.4) is 0 Å². The van der Waals surface area contributed by atoms with E-state index in [0.717, 1.165) is 41.5 Å². The number of carbonyl (C=O) groups excluding carboxylic acids is 2. The Hall–Kier alpha value is -1.43. The van der Waals surface area contributed by atoms with Crippen LogP contribution in [0.5, 0.6) is 0 Å². The van der Waals surface area contributed by atoms with Crippen molar-refractivity contribution >= 4 is 23.2 Å². The third kappa shape index (κ3) is 3.02. The third-order valence-corrected chi connectivity index (χ3v) is 5.59. The fourth-order valence-corrected chi connectivity index (χ4v) is 4.11. The molecule has 0 saturated carbocycles. The van der Waals surface area contributed by atoms with Gasteiger partial charge in [0.15, 0.2) is 0 Å². The maximum atomic E-state index is 12.5. The van der Waals surface area contributed by atoms with Crippen molar-refractivity contribution in [1.29, 1.82) is 0 Å². The molecule has 2 aliphatic heterocycles. The third-order valence-electron chi connectivity index (χ3n) is 4.53. The molecule has 120 valence electrons. The number of carbonyl (C=O) groups is 2. The zero-order valence-corrected chi connectivity index (χ0v) is 14.1. The van der Waals surface area contributed by atoms with Crippen LogP contribution in [0, 0.1) is 19.8 Å². The van der Waals surface area contributed by atoms with Gasteiger partial charge in [0.2, 0.25) is 5.91 Å². The Morgan fingerprint density at radius 1 is 1.05 bits per heavy atom. The zero-order valence-electron chi connectivity index (χ0n) is 13.3. The van der Waals surface area contributed by atoms with Crippen LogP contribution >= 0.6 is 11.3 Å². The van der Waals surface area contributed by atoms with E-state index in [-0.39, 0.29) is 17.7 Å². The van der Waals surface area contributed by atoms with Crippen molar-refractivity contribution in [3.8, 4) is 0 Å². The molecule has 22 heavy (non-hydrogen) atoms. The Bertz CT molecular complexity index is 570. The number of hydrogen-bond donors (Lipinski definition) is 0. The fraction of sp³-hybridized carbons (Fsp3) is 0.688. The van der Waals surface area contributed by atoms with Crippen molar-refractivity contribution < 1.29 is 9.59 Å². The Labute approximate surface area is 135 Å². The highest BCUT2D eigenvalue weighted by molar-refractivity contribution is 7.13. The highest BCUT2D eigenvalue weighted by atomic mass is 32.1. The number of rotatable bonds is 2. The van der Waals surface area contributed by atoms with Gasteiger partial charge >= 0.3 is 0 Å². The van der Waals surface area contributed by atoms with E-state index < -0.39 is 0 Å². The predicted molar refractivity (Wildman–Crippen MR) is 86.0 cm³/mol. The minimum Gasteiger partial charge on any atom is -0.342 e. The van der Waals surface area contributed by atoms with Gasteiger partial charge in [0.05, 0.1) is 16.6 Å². The second kappa shape index (κ2) is 6.36. The first kappa shape index (κ1) is 15.5. The first-order valence-corrected chi connectivity index (χ1v) is 8.90. The minimum atomic E-state index is -0.00336. The summed E-state index contributed by atoms with van der Waals surface area (Å²) in [5.74, 6) is 0.266. The average molecular weight is 321 g/mol. The molecule has 0 atom stereocenters. The number of hydrogen-bond acceptors (Lipinski definition) is 4. The van der Waals surface area contributed by atoms with E-state index in [9.17, 15) is 9.59 Å². The van der Waals surface area contributed by atoms with Gasteiger partial charge in [-0.15, -0.1) is 11.3 Å². The summed E-state index contributed by atoms with van der Waals surface area (Å²) in [6.07, 6.45) is 4.67. The number of likely N-dealkylation sites (tertiary alicyclic amines) is 2. The maximum absolute atomic E-state index is 12.5. The Morgan fingerprint density at radius 2 is 1.68 bits per heavy atom. The molecule has 2 saturated heterocycles. The van der Waals surface area contributed by atoms with E-state index in [2.05, 4.69) is 4.98 Å². The molecule has 2 fully saturated rings. The van der Waals surface area contributed by atoms with Crippen LogP contribution < -0.4 is 0 Å². The second-order valence-corrected chi connectivity index (χ2v) is 7.50. The summed E-state index contributed by atoms with van der Waals surface area (Å²) in [6.45, 7) is 6.68. The van der Waals surface area contributed by atoms with Crippen molar-refractivity contribution in [1.82, 2.24) is 14.8 Å². The van der Waals surface area contributed by atoms with Crippen LogP contribution in [0.25, 0.3) is 0 Å². The number of aromatic nitrogens is 1. The van der Waals surface area contributed by atoms with Gasteiger partial charge in [-0.1, -0.05) is 12.8 Å². The molecule has 0 N–H and O–H groups in total. The van der Waals surface area contributed by atoms with E-state index in [1.807, 2.05) is 18.7 Å². The van der Waals surface area contributed by atoms with Gasteiger partial charge < -0.3 is 9.80 Å². The number of thiazole rings is 1. The monoisotopic (exact) mass is 321 g/mol. The lowest BCUT2D eigenvalue weighted by Gasteiger charge is -2.40. The summed E-state index contributed by atoms with van der Waals surface area (Å²) in [6, 6.07) is 0. The summed E-state index contributed by atoms with van der Waals surface area (Å²) in [5.41, 5.74) is 0.801. The minimum absolute atomic E-state index is 0.00336. The fourth-order valence-electron chi connectivity index (χ4n) is 3.22. The van der Waals surface area contributed by atoms with Crippen molar-refractivity contribution in [2.24, 2.45) is 5.92 Å². The second-order valence-electron chi connectivity index (χ2n) is 6.29. The summed E-state index contributed by atoms with van der Waals surface area (Å²) in [4.78, 5) is 33.7. The predicted octanol–water partition coefficient (Wildman–Crippen LogP) is 2.23. The first-order chi connectivity index (χ1) is 10.6. The topological polar surface area (TPSA) is 53.5 Å². The van der Waals surface area contributed by atoms with Crippen LogP contribution in [-0.4, -0.2) is 52.8 Å². The number of nitrogens with zero attached hydrogens (tertiary/aromatic N) is 3. The van der Waals surface area contributed by atoms with Crippen LogP contribution in [-0.2, 0) is 4.79 Å². The van der Waals surface area contributed by atoms with Gasteiger partial charge in [-0.05, 0) is 26.7 Å². The van der Waals surface area contributed by atoms with E-state index >= 15 is 0 Å². The summed E-state index contributed by atoms with van der Waals surface area (Å²) >= 11 is 1.44. The van der Waals surface area contributed by atoms with Gasteiger partial charge in [0.25, 0.3) is 5.91 Å². The lowest BCUT2D eigenvalue weighted by molar-refractivity contribution is -0.139. The molecule has 1 aromatic rings. The molecule has 5 nitrogen and oxygen atoms in total. The quantitative estimate of drug-likeness (QED) is 0.839. The zero-order chi connectivity index (χ0) is 15.7. The molecule has 3 heterocycles. The van der Waals surface area contributed by atoms with Gasteiger partial charge in [0.1, 0.15) is 4.88 Å². The van der Waals surface area contributed by atoms with E-state index in [1.54, 1.807) is 4.90 Å². The van der Waals surface area contributed by atoms with Crippen LogP contribution in [0.4, 0.5) is 0 Å². The SMILES string of the molecule is Cc1nc(C)c(C(=O)N2CC(C(=O)N3CCCCCC3)C2)s1. The summed E-state index contributed by atoms with van der Waals surface area (Å²) in [5, 5.41) is 0.915. The highest BCUT2D eigenvalue weighted by Gasteiger charge is 2.39. The van der Waals surface area contributed by atoms with Gasteiger partial charge in [-0.25, -0.2) is 4.98 Å². The molecular weight excluding hydrogens is 298 g/mol. The lowest BCUT2D eigenvalue weighted by Crippen LogP contribution is -2.56. The van der Waals surface area contributed by atoms with E-state index in [0.29, 0.717) is 13.1 Å². The summed E-state index contributed by atoms with van der Waals surface area (Å²) in [7, 11) is 0. The smallest absolute Gasteiger partial charge is 0.265 e. The highest BCUT2D eigenvalue weighted by Crippen LogP contribution is 2.26. The molecule has 0 unspecified atom stereocenters. The molecule has 0 spiro atoms. The number of amides is 2. The molecular formula is C16H23N3O2S. The Morgan fingerprint density at radius 3 is 2.23 bits per heavy atom.